The van der Waals surface area contributed by atoms with Crippen molar-refractivity contribution < 1.29 is 23.8 Å². The first kappa shape index (κ1) is 25.8. The number of nitrogens with one attached hydrogen (secondary N) is 1. The van der Waals surface area contributed by atoms with E-state index in [4.69, 9.17) is 14.2 Å². The number of ether oxygens (including phenoxy) is 3. The van der Waals surface area contributed by atoms with Crippen LogP contribution >= 0.6 is 0 Å². The van der Waals surface area contributed by atoms with Gasteiger partial charge in [-0.05, 0) is 61.6 Å². The minimum atomic E-state index is 0.0263. The van der Waals surface area contributed by atoms with Crippen LogP contribution in [0.25, 0.3) is 0 Å². The average molecular weight is 496 g/mol. The Labute approximate surface area is 213 Å². The number of likely N-dealkylation sites (tertiary alicyclic amines) is 1. The van der Waals surface area contributed by atoms with E-state index in [9.17, 15) is 9.59 Å². The lowest BCUT2D eigenvalue weighted by Crippen LogP contribution is -2.45. The second-order valence-electron chi connectivity index (χ2n) is 9.44. The Hall–Kier alpha value is -3.26. The molecule has 0 aliphatic carbocycles. The largest absolute Gasteiger partial charge is 0.497 e. The quantitative estimate of drug-likeness (QED) is 0.545. The first-order valence-corrected chi connectivity index (χ1v) is 12.7. The van der Waals surface area contributed by atoms with E-state index in [2.05, 4.69) is 16.3 Å². The molecule has 0 atom stereocenters. The van der Waals surface area contributed by atoms with Crippen LogP contribution in [0.1, 0.15) is 36.8 Å². The maximum absolute atomic E-state index is 12.6. The van der Waals surface area contributed by atoms with Gasteiger partial charge in [0.2, 0.25) is 11.8 Å². The van der Waals surface area contributed by atoms with Crippen molar-refractivity contribution in [3.63, 3.8) is 0 Å². The van der Waals surface area contributed by atoms with Gasteiger partial charge in [-0.1, -0.05) is 12.1 Å². The van der Waals surface area contributed by atoms with Gasteiger partial charge in [-0.25, -0.2) is 0 Å². The number of methoxy groups -OCH3 is 3. The number of fused-ring (bicyclic) bond motifs is 1. The number of piperidine rings is 1. The molecule has 0 spiro atoms. The number of anilines is 1. The van der Waals surface area contributed by atoms with Gasteiger partial charge in [0.25, 0.3) is 0 Å². The van der Waals surface area contributed by atoms with Crippen molar-refractivity contribution in [2.24, 2.45) is 0 Å². The van der Waals surface area contributed by atoms with Crippen LogP contribution in [0, 0.1) is 0 Å². The molecule has 0 unspecified atom stereocenters. The van der Waals surface area contributed by atoms with Gasteiger partial charge < -0.3 is 29.3 Å². The molecule has 2 amide bonds. The standard InChI is InChI=1S/C28H37N3O5/c1-34-23-8-6-21-7-10-28(33)31(24(21)19-23)14-4-13-30-15-11-22(12-16-30)29-27(32)18-20-5-9-25(35-2)26(17-20)36-3/h5-6,8-9,17,19,22H,4,7,10-16,18H2,1-3H3,(H,29,32). The Kier molecular flexibility index (Phi) is 8.70. The number of nitrogens with zero attached hydrogens (tertiary/aromatic N) is 2. The average Bonchev–Trinajstić information content (AvgIpc) is 2.90. The number of aryl methyl sites for hydroxylation is 1. The van der Waals surface area contributed by atoms with Crippen molar-refractivity contribution in [1.82, 2.24) is 10.2 Å². The molecule has 2 heterocycles. The van der Waals surface area contributed by atoms with Crippen LogP contribution < -0.4 is 24.4 Å². The molecule has 0 radical (unpaired) electrons. The predicted molar refractivity (Wildman–Crippen MR) is 139 cm³/mol. The maximum Gasteiger partial charge on any atom is 0.227 e. The fourth-order valence-electron chi connectivity index (χ4n) is 5.10. The zero-order valence-corrected chi connectivity index (χ0v) is 21.5. The molecule has 0 bridgehead atoms. The van der Waals surface area contributed by atoms with Gasteiger partial charge in [-0.2, -0.15) is 0 Å². The lowest BCUT2D eigenvalue weighted by molar-refractivity contribution is -0.121. The van der Waals surface area contributed by atoms with Crippen LogP contribution in [-0.4, -0.2) is 70.3 Å². The molecule has 194 valence electrons. The Morgan fingerprint density at radius 1 is 0.944 bits per heavy atom. The summed E-state index contributed by atoms with van der Waals surface area (Å²) in [5, 5.41) is 3.19. The van der Waals surface area contributed by atoms with Crippen LogP contribution in [0.4, 0.5) is 5.69 Å². The molecule has 1 saturated heterocycles. The Bertz CT molecular complexity index is 1070. The molecule has 0 saturated carbocycles. The highest BCUT2D eigenvalue weighted by molar-refractivity contribution is 5.96. The summed E-state index contributed by atoms with van der Waals surface area (Å²) in [7, 11) is 4.84. The van der Waals surface area contributed by atoms with Crippen molar-refractivity contribution in [1.29, 1.82) is 0 Å². The minimum Gasteiger partial charge on any atom is -0.497 e. The number of carbonyl (C=O) groups excluding carboxylic acids is 2. The minimum absolute atomic E-state index is 0.0263. The van der Waals surface area contributed by atoms with Gasteiger partial charge in [0.05, 0.1) is 33.4 Å². The summed E-state index contributed by atoms with van der Waals surface area (Å²) in [5.74, 6) is 2.28. The van der Waals surface area contributed by atoms with Crippen molar-refractivity contribution in [2.75, 3.05) is 52.4 Å². The van der Waals surface area contributed by atoms with Gasteiger partial charge >= 0.3 is 0 Å². The third-order valence-corrected chi connectivity index (χ3v) is 7.11. The van der Waals surface area contributed by atoms with Crippen LogP contribution in [-0.2, 0) is 22.4 Å². The van der Waals surface area contributed by atoms with Crippen molar-refractivity contribution in [2.45, 2.75) is 44.6 Å². The Balaban J connectivity index is 1.20. The zero-order chi connectivity index (χ0) is 25.5. The van der Waals surface area contributed by atoms with Gasteiger partial charge in [0, 0.05) is 38.2 Å². The maximum atomic E-state index is 12.6. The molecular weight excluding hydrogens is 458 g/mol. The van der Waals surface area contributed by atoms with Gasteiger partial charge in [0.1, 0.15) is 5.75 Å². The third kappa shape index (κ3) is 6.29. The molecule has 2 aromatic rings. The van der Waals surface area contributed by atoms with Gasteiger partial charge in [-0.3, -0.25) is 9.59 Å². The Morgan fingerprint density at radius 3 is 2.44 bits per heavy atom. The number of rotatable bonds is 10. The first-order chi connectivity index (χ1) is 17.5. The lowest BCUT2D eigenvalue weighted by Gasteiger charge is -2.34. The molecule has 36 heavy (non-hydrogen) atoms. The number of benzene rings is 2. The van der Waals surface area contributed by atoms with Crippen molar-refractivity contribution in [3.8, 4) is 17.2 Å². The molecule has 0 aromatic heterocycles. The van der Waals surface area contributed by atoms with E-state index in [1.807, 2.05) is 35.2 Å². The highest BCUT2D eigenvalue weighted by Crippen LogP contribution is 2.32. The summed E-state index contributed by atoms with van der Waals surface area (Å²) in [4.78, 5) is 29.5. The van der Waals surface area contributed by atoms with Gasteiger partial charge in [0.15, 0.2) is 11.5 Å². The molecule has 2 aromatic carbocycles. The highest BCUT2D eigenvalue weighted by atomic mass is 16.5. The number of amides is 2. The molecule has 8 heteroatoms. The fourth-order valence-corrected chi connectivity index (χ4v) is 5.10. The van der Waals surface area contributed by atoms with Crippen molar-refractivity contribution >= 4 is 17.5 Å². The normalized spacial score (nSPS) is 16.4. The summed E-state index contributed by atoms with van der Waals surface area (Å²) in [6, 6.07) is 11.8. The van der Waals surface area contributed by atoms with Crippen molar-refractivity contribution in [3.05, 3.63) is 47.5 Å². The van der Waals surface area contributed by atoms with Crippen LogP contribution in [0.5, 0.6) is 17.2 Å². The third-order valence-electron chi connectivity index (χ3n) is 7.11. The zero-order valence-electron chi connectivity index (χ0n) is 21.5. The molecular formula is C28H37N3O5. The number of hydrogen-bond donors (Lipinski definition) is 1. The summed E-state index contributed by atoms with van der Waals surface area (Å²) in [5.41, 5.74) is 3.09. The second-order valence-corrected chi connectivity index (χ2v) is 9.44. The van der Waals surface area contributed by atoms with Crippen LogP contribution in [0.3, 0.4) is 0 Å². The smallest absolute Gasteiger partial charge is 0.227 e. The van der Waals surface area contributed by atoms with E-state index in [0.717, 1.165) is 62.3 Å². The summed E-state index contributed by atoms with van der Waals surface area (Å²) >= 11 is 0. The predicted octanol–water partition coefficient (Wildman–Crippen LogP) is 3.21. The highest BCUT2D eigenvalue weighted by Gasteiger charge is 2.25. The number of hydrogen-bond acceptors (Lipinski definition) is 6. The van der Waals surface area contributed by atoms with E-state index in [1.165, 1.54) is 5.56 Å². The summed E-state index contributed by atoms with van der Waals surface area (Å²) in [6.45, 7) is 3.54. The molecule has 1 fully saturated rings. The molecule has 8 nitrogen and oxygen atoms in total. The van der Waals surface area contributed by atoms with E-state index >= 15 is 0 Å². The van der Waals surface area contributed by atoms with Crippen LogP contribution in [0.2, 0.25) is 0 Å². The van der Waals surface area contributed by atoms with E-state index in [1.54, 1.807) is 21.3 Å². The van der Waals surface area contributed by atoms with Gasteiger partial charge in [-0.15, -0.1) is 0 Å². The van der Waals surface area contributed by atoms with E-state index in [-0.39, 0.29) is 17.9 Å². The Morgan fingerprint density at radius 2 is 1.72 bits per heavy atom. The van der Waals surface area contributed by atoms with Crippen LogP contribution in [0.15, 0.2) is 36.4 Å². The second kappa shape index (κ2) is 12.1. The molecule has 4 rings (SSSR count). The first-order valence-electron chi connectivity index (χ1n) is 12.7. The SMILES string of the molecule is COc1ccc2c(c1)N(CCCN1CCC(NC(=O)Cc3ccc(OC)c(OC)c3)CC1)C(=O)CC2. The fraction of sp³-hybridized carbons (Fsp3) is 0.500. The van der Waals surface area contributed by atoms with E-state index in [0.29, 0.717) is 30.9 Å². The molecule has 2 aliphatic heterocycles. The monoisotopic (exact) mass is 495 g/mol. The summed E-state index contributed by atoms with van der Waals surface area (Å²) in [6.07, 6.45) is 4.45. The lowest BCUT2D eigenvalue weighted by atomic mass is 10.0. The van der Waals surface area contributed by atoms with E-state index < -0.39 is 0 Å². The number of carbonyl (C=O) groups is 2. The summed E-state index contributed by atoms with van der Waals surface area (Å²) < 4.78 is 16.0. The molecule has 2 aliphatic rings. The molecule has 1 N–H and O–H groups in total. The topological polar surface area (TPSA) is 80.3 Å².